The van der Waals surface area contributed by atoms with Crippen molar-refractivity contribution in [3.05, 3.63) is 59.7 Å². The van der Waals surface area contributed by atoms with E-state index in [-0.39, 0.29) is 48.0 Å². The highest BCUT2D eigenvalue weighted by molar-refractivity contribution is 5.32. The molecule has 32 heavy (non-hydrogen) atoms. The fourth-order valence-electron chi connectivity index (χ4n) is 3.22. The van der Waals surface area contributed by atoms with Crippen LogP contribution in [0.2, 0.25) is 0 Å². The molecule has 1 atom stereocenters. The first kappa shape index (κ1) is 31.4. The maximum Gasteiger partial charge on any atom is 0.137 e. The zero-order valence-corrected chi connectivity index (χ0v) is 25.2. The van der Waals surface area contributed by atoms with Crippen molar-refractivity contribution in [3.63, 3.8) is 0 Å². The van der Waals surface area contributed by atoms with Crippen molar-refractivity contribution in [2.75, 3.05) is 68.6 Å². The van der Waals surface area contributed by atoms with Crippen molar-refractivity contribution < 1.29 is 66.4 Å². The van der Waals surface area contributed by atoms with E-state index in [2.05, 4.69) is 97.7 Å². The Hall–Kier alpha value is -0.580. The summed E-state index contributed by atoms with van der Waals surface area (Å²) in [6.07, 6.45) is 2.15. The molecule has 2 rings (SSSR count). The van der Waals surface area contributed by atoms with Gasteiger partial charge in [0.2, 0.25) is 0 Å². The van der Waals surface area contributed by atoms with Crippen molar-refractivity contribution in [2.45, 2.75) is 25.7 Å². The molecule has 0 aliphatic rings. The molecule has 0 amide bonds. The highest BCUT2D eigenvalue weighted by atomic mass is 127. The molecule has 1 unspecified atom stereocenters. The molecule has 6 heteroatoms. The van der Waals surface area contributed by atoms with Gasteiger partial charge in [0.05, 0.1) is 42.3 Å². The Morgan fingerprint density at radius 3 is 1.44 bits per heavy atom. The second-order valence-electron chi connectivity index (χ2n) is 10.2. The largest absolute Gasteiger partial charge is 1.00 e. The maximum absolute atomic E-state index is 5.90. The average Bonchev–Trinajstić information content (AvgIpc) is 2.66. The molecule has 2 aromatic carbocycles. The summed E-state index contributed by atoms with van der Waals surface area (Å²) < 4.78 is 13.6. The summed E-state index contributed by atoms with van der Waals surface area (Å²) >= 11 is 0. The molecule has 0 saturated carbocycles. The minimum atomic E-state index is 0. The van der Waals surface area contributed by atoms with Gasteiger partial charge in [-0.15, -0.1) is 0 Å². The Bertz CT molecular complexity index is 751. The number of likely N-dealkylation sites (N-methyl/N-ethyl adjacent to an activating group) is 2. The van der Waals surface area contributed by atoms with Crippen LogP contribution in [0.15, 0.2) is 48.5 Å². The predicted molar refractivity (Wildman–Crippen MR) is 126 cm³/mol. The number of nitrogens with zero attached hydrogens (tertiary/aromatic N) is 2. The first-order valence-corrected chi connectivity index (χ1v) is 11.1. The van der Waals surface area contributed by atoms with Gasteiger partial charge in [0.15, 0.2) is 0 Å². The molecule has 2 aromatic rings. The van der Waals surface area contributed by atoms with Gasteiger partial charge in [-0.2, -0.15) is 0 Å². The minimum absolute atomic E-state index is 0. The first-order valence-electron chi connectivity index (χ1n) is 11.1. The van der Waals surface area contributed by atoms with Gasteiger partial charge in [0.1, 0.15) is 37.8 Å². The number of quaternary nitrogens is 2. The van der Waals surface area contributed by atoms with Crippen LogP contribution in [0.3, 0.4) is 0 Å². The van der Waals surface area contributed by atoms with Crippen molar-refractivity contribution in [3.8, 4) is 11.5 Å². The molecule has 4 nitrogen and oxygen atoms in total. The van der Waals surface area contributed by atoms with Gasteiger partial charge in [-0.25, -0.2) is 0 Å². The number of rotatable bonds is 12. The van der Waals surface area contributed by atoms with Crippen molar-refractivity contribution in [1.82, 2.24) is 0 Å². The van der Waals surface area contributed by atoms with E-state index in [9.17, 15) is 0 Å². The monoisotopic (exact) mass is 668 g/mol. The molecular formula is C26H42I2N2O2. The molecule has 0 aromatic heterocycles. The van der Waals surface area contributed by atoms with Crippen LogP contribution in [0.4, 0.5) is 0 Å². The van der Waals surface area contributed by atoms with E-state index in [0.29, 0.717) is 5.92 Å². The zero-order valence-electron chi connectivity index (χ0n) is 20.9. The van der Waals surface area contributed by atoms with Crippen LogP contribution in [0, 0.1) is 0 Å². The lowest BCUT2D eigenvalue weighted by atomic mass is 9.90. The normalized spacial score (nSPS) is 12.3. The highest BCUT2D eigenvalue weighted by Gasteiger charge is 2.12. The van der Waals surface area contributed by atoms with Gasteiger partial charge < -0.3 is 66.4 Å². The lowest BCUT2D eigenvalue weighted by molar-refractivity contribution is -0.870. The van der Waals surface area contributed by atoms with E-state index in [1.54, 1.807) is 0 Å². The third-order valence-electron chi connectivity index (χ3n) is 5.31. The second kappa shape index (κ2) is 14.6. The fourth-order valence-corrected chi connectivity index (χ4v) is 3.22. The topological polar surface area (TPSA) is 18.5 Å². The Morgan fingerprint density at radius 2 is 1.06 bits per heavy atom. The predicted octanol–water partition coefficient (Wildman–Crippen LogP) is -1.40. The molecule has 0 spiro atoms. The van der Waals surface area contributed by atoms with Gasteiger partial charge in [-0.3, -0.25) is 0 Å². The summed E-state index contributed by atoms with van der Waals surface area (Å²) in [5.41, 5.74) is 2.73. The number of hydrogen-bond acceptors (Lipinski definition) is 2. The summed E-state index contributed by atoms with van der Waals surface area (Å²) in [4.78, 5) is 0. The quantitative estimate of drug-likeness (QED) is 0.205. The lowest BCUT2D eigenvalue weighted by Gasteiger charge is -2.23. The van der Waals surface area contributed by atoms with Crippen molar-refractivity contribution in [2.24, 2.45) is 0 Å². The van der Waals surface area contributed by atoms with E-state index in [0.717, 1.165) is 59.6 Å². The molecular weight excluding hydrogens is 626 g/mol. The van der Waals surface area contributed by atoms with Crippen LogP contribution in [0.25, 0.3) is 0 Å². The standard InChI is InChI=1S/C26H42N2O2.2HI/c1-8-23(24-11-15-26(16-12-24)30-20-18-28(5,6)7)21-22-9-13-25(14-10-22)29-19-17-27(2,3)4;;/h9-16,23H,8,17-21H2,1-7H3;2*1H/q+2;;/p-2. The van der Waals surface area contributed by atoms with Gasteiger partial charge >= 0.3 is 0 Å². The maximum atomic E-state index is 5.90. The number of benzene rings is 2. The van der Waals surface area contributed by atoms with Gasteiger partial charge in [0.25, 0.3) is 0 Å². The fraction of sp³-hybridized carbons (Fsp3) is 0.538. The third kappa shape index (κ3) is 12.6. The molecule has 0 aliphatic heterocycles. The SMILES string of the molecule is CCC(Cc1ccc(OCC[N+](C)(C)C)cc1)c1ccc(OCC[N+](C)(C)C)cc1.[I-].[I-]. The number of hydrogen-bond donors (Lipinski definition) is 0. The lowest BCUT2D eigenvalue weighted by Crippen LogP contribution is -3.00. The van der Waals surface area contributed by atoms with Crippen LogP contribution < -0.4 is 57.4 Å². The number of ether oxygens (including phenoxy) is 2. The molecule has 0 fully saturated rings. The van der Waals surface area contributed by atoms with E-state index >= 15 is 0 Å². The van der Waals surface area contributed by atoms with Crippen LogP contribution in [-0.4, -0.2) is 77.6 Å². The average molecular weight is 668 g/mol. The molecule has 0 aliphatic carbocycles. The van der Waals surface area contributed by atoms with Crippen LogP contribution in [0.1, 0.15) is 30.4 Å². The van der Waals surface area contributed by atoms with Crippen molar-refractivity contribution in [1.29, 1.82) is 0 Å². The van der Waals surface area contributed by atoms with E-state index in [1.807, 2.05) is 0 Å². The molecule has 0 saturated heterocycles. The highest BCUT2D eigenvalue weighted by Crippen LogP contribution is 2.27. The molecule has 0 bridgehead atoms. The van der Waals surface area contributed by atoms with Crippen LogP contribution >= 0.6 is 0 Å². The molecule has 0 heterocycles. The van der Waals surface area contributed by atoms with Gasteiger partial charge in [-0.1, -0.05) is 31.2 Å². The summed E-state index contributed by atoms with van der Waals surface area (Å²) in [6.45, 7) is 5.73. The molecule has 182 valence electrons. The Balaban J connectivity index is 0.00000480. The van der Waals surface area contributed by atoms with E-state index < -0.39 is 0 Å². The van der Waals surface area contributed by atoms with E-state index in [4.69, 9.17) is 9.47 Å². The van der Waals surface area contributed by atoms with Gasteiger partial charge in [0, 0.05) is 0 Å². The van der Waals surface area contributed by atoms with Gasteiger partial charge in [-0.05, 0) is 54.2 Å². The van der Waals surface area contributed by atoms with Crippen LogP contribution in [-0.2, 0) is 6.42 Å². The number of halogens is 2. The Kier molecular flexibility index (Phi) is 14.4. The van der Waals surface area contributed by atoms with E-state index in [1.165, 1.54) is 11.1 Å². The minimum Gasteiger partial charge on any atom is -1.00 e. The smallest absolute Gasteiger partial charge is 0.137 e. The summed E-state index contributed by atoms with van der Waals surface area (Å²) in [7, 11) is 13.1. The summed E-state index contributed by atoms with van der Waals surface area (Å²) in [6, 6.07) is 17.3. The summed E-state index contributed by atoms with van der Waals surface area (Å²) in [5, 5.41) is 0. The second-order valence-corrected chi connectivity index (χ2v) is 10.2. The Labute approximate surface area is 230 Å². The van der Waals surface area contributed by atoms with Crippen molar-refractivity contribution >= 4 is 0 Å². The summed E-state index contributed by atoms with van der Waals surface area (Å²) in [5.74, 6) is 2.42. The molecule has 0 radical (unpaired) electrons. The molecule has 0 N–H and O–H groups in total. The Morgan fingerprint density at radius 1 is 0.656 bits per heavy atom. The first-order chi connectivity index (χ1) is 14.1. The zero-order chi connectivity index (χ0) is 22.2. The van der Waals surface area contributed by atoms with Crippen LogP contribution in [0.5, 0.6) is 11.5 Å². The third-order valence-corrected chi connectivity index (χ3v) is 5.31.